The van der Waals surface area contributed by atoms with Crippen LogP contribution in [-0.2, 0) is 23.1 Å². The van der Waals surface area contributed by atoms with E-state index in [2.05, 4.69) is 90.5 Å². The summed E-state index contributed by atoms with van der Waals surface area (Å²) in [6.45, 7) is 6.35. The molecule has 2 aliphatic heterocycles. The van der Waals surface area contributed by atoms with Crippen LogP contribution < -0.4 is 9.47 Å². The predicted octanol–water partition coefficient (Wildman–Crippen LogP) is 5.92. The van der Waals surface area contributed by atoms with Crippen molar-refractivity contribution in [3.05, 3.63) is 94.6 Å². The van der Waals surface area contributed by atoms with Crippen LogP contribution in [0.1, 0.15) is 54.0 Å². The molecule has 1 saturated carbocycles. The molecule has 0 unspecified atom stereocenters. The van der Waals surface area contributed by atoms with Gasteiger partial charge in [0.25, 0.3) is 0 Å². The van der Waals surface area contributed by atoms with E-state index in [4.69, 9.17) is 9.47 Å². The second-order valence-corrected chi connectivity index (χ2v) is 13.0. The van der Waals surface area contributed by atoms with Gasteiger partial charge in [0.05, 0.1) is 0 Å². The van der Waals surface area contributed by atoms with Gasteiger partial charge >= 0.3 is 5.97 Å². The molecule has 3 aromatic carbocycles. The van der Waals surface area contributed by atoms with Crippen LogP contribution in [0, 0.1) is 12.8 Å². The summed E-state index contributed by atoms with van der Waals surface area (Å²) < 4.78 is 12.6. The zero-order chi connectivity index (χ0) is 29.7. The topological polar surface area (TPSA) is 62.2 Å². The van der Waals surface area contributed by atoms with Gasteiger partial charge in [-0.3, -0.25) is 14.6 Å². The standard InChI is InChI=1S/C37H42N2O4/c1-24-9-7-12-27(21-24)13-8-18-38(3)30-15-14-29-31-22-28-32(41)23-33(42-25(2)40)35-34(28)37(29,36(30)43-35)17-20-39(31)19-16-26-10-5-4-6-11-26/h4-13,21,23,29-31,36,41H,14-20,22H2,1-3H3/t29-,30+,31+,36-,37-/m0/s1. The number of ether oxygens (including phenoxy) is 2. The van der Waals surface area contributed by atoms with Crippen LogP contribution in [0.5, 0.6) is 17.2 Å². The fourth-order valence-corrected chi connectivity index (χ4v) is 8.79. The number of aryl methyl sites for hydroxylation is 1. The van der Waals surface area contributed by atoms with E-state index in [-0.39, 0.29) is 23.3 Å². The largest absolute Gasteiger partial charge is 0.508 e. The first-order chi connectivity index (χ1) is 20.8. The third-order valence-corrected chi connectivity index (χ3v) is 10.6. The first kappa shape index (κ1) is 28.2. The number of esters is 1. The van der Waals surface area contributed by atoms with Crippen molar-refractivity contribution in [2.75, 3.05) is 26.7 Å². The predicted molar refractivity (Wildman–Crippen MR) is 169 cm³/mol. The van der Waals surface area contributed by atoms with E-state index in [1.807, 2.05) is 0 Å². The number of hydrogen-bond acceptors (Lipinski definition) is 6. The number of piperidine rings is 1. The number of rotatable bonds is 8. The number of likely N-dealkylation sites (N-methyl/N-ethyl adjacent to an activating group) is 1. The number of phenols is 1. The molecular formula is C37H42N2O4. The molecule has 0 radical (unpaired) electrons. The van der Waals surface area contributed by atoms with Gasteiger partial charge in [-0.1, -0.05) is 72.3 Å². The quantitative estimate of drug-likeness (QED) is 0.265. The number of nitrogens with zero attached hydrogens (tertiary/aromatic N) is 2. The van der Waals surface area contributed by atoms with Crippen LogP contribution in [0.2, 0.25) is 0 Å². The summed E-state index contributed by atoms with van der Waals surface area (Å²) in [5.41, 5.74) is 5.73. The van der Waals surface area contributed by atoms with Gasteiger partial charge in [-0.25, -0.2) is 0 Å². The molecule has 1 saturated heterocycles. The summed E-state index contributed by atoms with van der Waals surface area (Å²) in [4.78, 5) is 17.2. The maximum absolute atomic E-state index is 12.1. The fraction of sp³-hybridized carbons (Fsp3) is 0.432. The van der Waals surface area contributed by atoms with Crippen LogP contribution in [0.15, 0.2) is 66.7 Å². The highest BCUT2D eigenvalue weighted by Crippen LogP contribution is 2.65. The van der Waals surface area contributed by atoms with Crippen molar-refractivity contribution in [3.8, 4) is 17.2 Å². The summed E-state index contributed by atoms with van der Waals surface area (Å²) in [5.74, 6) is 1.29. The molecule has 2 fully saturated rings. The Balaban J connectivity index is 1.22. The lowest BCUT2D eigenvalue weighted by molar-refractivity contribution is -0.132. The van der Waals surface area contributed by atoms with Crippen molar-refractivity contribution in [3.63, 3.8) is 0 Å². The van der Waals surface area contributed by atoms with Crippen LogP contribution in [0.4, 0.5) is 0 Å². The molecule has 0 amide bonds. The number of hydrogen-bond donors (Lipinski definition) is 1. The number of carbonyl (C=O) groups is 1. The van der Waals surface area contributed by atoms with Gasteiger partial charge < -0.3 is 14.6 Å². The van der Waals surface area contributed by atoms with E-state index < -0.39 is 5.97 Å². The normalized spacial score (nSPS) is 27.3. The fourth-order valence-electron chi connectivity index (χ4n) is 8.79. The molecule has 7 rings (SSSR count). The number of benzene rings is 3. The first-order valence-corrected chi connectivity index (χ1v) is 15.8. The zero-order valence-corrected chi connectivity index (χ0v) is 25.5. The van der Waals surface area contributed by atoms with Gasteiger partial charge in [-0.05, 0) is 69.7 Å². The van der Waals surface area contributed by atoms with E-state index in [0.717, 1.165) is 62.9 Å². The third kappa shape index (κ3) is 4.85. The SMILES string of the molecule is CC(=O)Oc1cc(O)c2c3c1O[C@H]1[C@H](N(C)CC=Cc4cccc(C)c4)CC[C@H]4[C@@H](C2)N(CCc2ccccc2)CC[C@@]341. The molecule has 0 aromatic heterocycles. The number of likely N-dealkylation sites (tertiary alicyclic amines) is 1. The lowest BCUT2D eigenvalue weighted by Crippen LogP contribution is -2.68. The highest BCUT2D eigenvalue weighted by Gasteiger charge is 2.66. The van der Waals surface area contributed by atoms with Gasteiger partial charge in [-0.15, -0.1) is 0 Å². The summed E-state index contributed by atoms with van der Waals surface area (Å²) in [6, 6.07) is 21.5. The molecule has 1 N–H and O–H groups in total. The van der Waals surface area contributed by atoms with E-state index in [1.54, 1.807) is 6.07 Å². The zero-order valence-electron chi connectivity index (χ0n) is 25.5. The molecule has 3 aromatic rings. The van der Waals surface area contributed by atoms with Crippen molar-refractivity contribution in [1.82, 2.24) is 9.80 Å². The molecule has 1 spiro atoms. The molecule has 43 heavy (non-hydrogen) atoms. The molecule has 2 aliphatic carbocycles. The first-order valence-electron chi connectivity index (χ1n) is 15.8. The lowest BCUT2D eigenvalue weighted by Gasteiger charge is -2.60. The Labute approximate surface area is 254 Å². The van der Waals surface area contributed by atoms with Crippen LogP contribution in [0.3, 0.4) is 0 Å². The minimum absolute atomic E-state index is 0.0625. The molecule has 224 valence electrons. The Morgan fingerprint density at radius 3 is 2.79 bits per heavy atom. The second-order valence-electron chi connectivity index (χ2n) is 13.0. The Morgan fingerprint density at radius 1 is 1.16 bits per heavy atom. The monoisotopic (exact) mass is 578 g/mol. The van der Waals surface area contributed by atoms with Crippen LogP contribution in [0.25, 0.3) is 6.08 Å². The number of carbonyl (C=O) groups excluding carboxylic acids is 1. The average molecular weight is 579 g/mol. The minimum Gasteiger partial charge on any atom is -0.508 e. The maximum Gasteiger partial charge on any atom is 0.308 e. The van der Waals surface area contributed by atoms with Crippen molar-refractivity contribution in [1.29, 1.82) is 0 Å². The highest BCUT2D eigenvalue weighted by atomic mass is 16.6. The molecular weight excluding hydrogens is 536 g/mol. The van der Waals surface area contributed by atoms with E-state index in [1.165, 1.54) is 23.6 Å². The highest BCUT2D eigenvalue weighted by molar-refractivity contribution is 5.73. The van der Waals surface area contributed by atoms with E-state index in [0.29, 0.717) is 23.5 Å². The summed E-state index contributed by atoms with van der Waals surface area (Å²) in [6.07, 6.45) is 9.34. The molecule has 2 heterocycles. The van der Waals surface area contributed by atoms with Crippen molar-refractivity contribution < 1.29 is 19.4 Å². The Hall–Kier alpha value is -3.61. The molecule has 4 aliphatic rings. The van der Waals surface area contributed by atoms with E-state index >= 15 is 0 Å². The van der Waals surface area contributed by atoms with Gasteiger partial charge in [-0.2, -0.15) is 0 Å². The number of aromatic hydroxyl groups is 1. The second kappa shape index (κ2) is 11.1. The number of phenolic OH excluding ortho intramolecular Hbond substituents is 1. The Bertz CT molecular complexity index is 1550. The van der Waals surface area contributed by atoms with Crippen LogP contribution in [-0.4, -0.2) is 65.7 Å². The molecule has 2 bridgehead atoms. The smallest absolute Gasteiger partial charge is 0.308 e. The third-order valence-electron chi connectivity index (χ3n) is 10.6. The van der Waals surface area contributed by atoms with Crippen LogP contribution >= 0.6 is 0 Å². The van der Waals surface area contributed by atoms with Crippen molar-refractivity contribution in [2.45, 2.75) is 69.6 Å². The Morgan fingerprint density at radius 2 is 2.00 bits per heavy atom. The van der Waals surface area contributed by atoms with Gasteiger partial charge in [0.15, 0.2) is 11.5 Å². The van der Waals surface area contributed by atoms with Crippen molar-refractivity contribution >= 4 is 12.0 Å². The summed E-state index contributed by atoms with van der Waals surface area (Å²) >= 11 is 0. The lowest BCUT2D eigenvalue weighted by atomic mass is 9.50. The summed E-state index contributed by atoms with van der Waals surface area (Å²) in [7, 11) is 2.20. The van der Waals surface area contributed by atoms with Gasteiger partial charge in [0, 0.05) is 54.7 Å². The van der Waals surface area contributed by atoms with Gasteiger partial charge in [0.1, 0.15) is 11.9 Å². The van der Waals surface area contributed by atoms with Crippen molar-refractivity contribution in [2.24, 2.45) is 5.92 Å². The van der Waals surface area contributed by atoms with Gasteiger partial charge in [0.2, 0.25) is 0 Å². The maximum atomic E-state index is 12.1. The minimum atomic E-state index is -0.400. The molecule has 6 nitrogen and oxygen atoms in total. The molecule has 5 atom stereocenters. The Kier molecular flexibility index (Phi) is 7.30. The summed E-state index contributed by atoms with van der Waals surface area (Å²) in [5, 5.41) is 11.4. The average Bonchev–Trinajstić information content (AvgIpc) is 3.33. The molecule has 6 heteroatoms. The van der Waals surface area contributed by atoms with E-state index in [9.17, 15) is 9.90 Å².